The Bertz CT molecular complexity index is 742. The lowest BCUT2D eigenvalue weighted by molar-refractivity contribution is 0.468. The van der Waals surface area contributed by atoms with E-state index in [9.17, 15) is 0 Å². The summed E-state index contributed by atoms with van der Waals surface area (Å²) in [7, 11) is 0. The first-order valence-corrected chi connectivity index (χ1v) is 7.76. The van der Waals surface area contributed by atoms with Crippen molar-refractivity contribution in [2.45, 2.75) is 6.92 Å². The predicted octanol–water partition coefficient (Wildman–Crippen LogP) is 5.05. The van der Waals surface area contributed by atoms with Gasteiger partial charge in [-0.1, -0.05) is 0 Å². The third-order valence-electron chi connectivity index (χ3n) is 2.48. The Morgan fingerprint density at radius 3 is 2.68 bits per heavy atom. The standard InChI is InChI=1S/C13H8ClIN2OS/c1-7-6-10-11(16-13(14)17-12(10)19-7)18-9-4-2-8(15)3-5-9/h2-6H,1H3. The van der Waals surface area contributed by atoms with Gasteiger partial charge in [-0.25, -0.2) is 4.98 Å². The third-order valence-corrected chi connectivity index (χ3v) is 4.31. The van der Waals surface area contributed by atoms with E-state index in [0.717, 1.165) is 24.4 Å². The highest BCUT2D eigenvalue weighted by molar-refractivity contribution is 14.1. The maximum absolute atomic E-state index is 5.93. The molecule has 19 heavy (non-hydrogen) atoms. The summed E-state index contributed by atoms with van der Waals surface area (Å²) in [5.74, 6) is 1.24. The van der Waals surface area contributed by atoms with E-state index in [1.807, 2.05) is 37.3 Å². The first-order valence-electron chi connectivity index (χ1n) is 5.49. The van der Waals surface area contributed by atoms with Crippen molar-refractivity contribution in [3.05, 3.63) is 44.1 Å². The number of aryl methyl sites for hydroxylation is 1. The monoisotopic (exact) mass is 402 g/mol. The van der Waals surface area contributed by atoms with Crippen molar-refractivity contribution in [3.8, 4) is 11.6 Å². The van der Waals surface area contributed by atoms with E-state index in [4.69, 9.17) is 16.3 Å². The smallest absolute Gasteiger partial charge is 0.232 e. The molecule has 0 saturated carbocycles. The number of hydrogen-bond donors (Lipinski definition) is 0. The van der Waals surface area contributed by atoms with Crippen LogP contribution >= 0.6 is 45.5 Å². The molecule has 0 bridgehead atoms. The third kappa shape index (κ3) is 2.82. The normalized spacial score (nSPS) is 10.9. The molecular formula is C13H8ClIN2OS. The molecule has 0 atom stereocenters. The van der Waals surface area contributed by atoms with Crippen LogP contribution in [0.1, 0.15) is 4.88 Å². The number of aromatic nitrogens is 2. The van der Waals surface area contributed by atoms with Gasteiger partial charge in [0, 0.05) is 8.45 Å². The quantitative estimate of drug-likeness (QED) is 0.444. The van der Waals surface area contributed by atoms with Crippen molar-refractivity contribution in [2.75, 3.05) is 0 Å². The van der Waals surface area contributed by atoms with Crippen LogP contribution in [0.5, 0.6) is 11.6 Å². The van der Waals surface area contributed by atoms with E-state index in [1.54, 1.807) is 11.3 Å². The summed E-state index contributed by atoms with van der Waals surface area (Å²) >= 11 is 9.75. The predicted molar refractivity (Wildman–Crippen MR) is 86.4 cm³/mol. The molecule has 0 unspecified atom stereocenters. The van der Waals surface area contributed by atoms with Crippen molar-refractivity contribution in [3.63, 3.8) is 0 Å². The summed E-state index contributed by atoms with van der Waals surface area (Å²) in [6, 6.07) is 9.79. The van der Waals surface area contributed by atoms with Gasteiger partial charge in [0.2, 0.25) is 11.2 Å². The maximum atomic E-state index is 5.93. The molecule has 0 aliphatic carbocycles. The number of hydrogen-bond acceptors (Lipinski definition) is 4. The van der Waals surface area contributed by atoms with Gasteiger partial charge in [-0.05, 0) is 71.4 Å². The largest absolute Gasteiger partial charge is 0.438 e. The van der Waals surface area contributed by atoms with Gasteiger partial charge in [0.15, 0.2) is 0 Å². The summed E-state index contributed by atoms with van der Waals surface area (Å²) in [6.45, 7) is 2.02. The van der Waals surface area contributed by atoms with Crippen LogP contribution in [-0.2, 0) is 0 Å². The first kappa shape index (κ1) is 13.1. The minimum Gasteiger partial charge on any atom is -0.438 e. The molecule has 0 aliphatic heterocycles. The zero-order valence-electron chi connectivity index (χ0n) is 9.85. The summed E-state index contributed by atoms with van der Waals surface area (Å²) in [5.41, 5.74) is 0. The summed E-state index contributed by atoms with van der Waals surface area (Å²) < 4.78 is 6.96. The molecule has 2 aromatic heterocycles. The fourth-order valence-electron chi connectivity index (χ4n) is 1.68. The van der Waals surface area contributed by atoms with E-state index in [0.29, 0.717) is 5.88 Å². The van der Waals surface area contributed by atoms with Crippen LogP contribution in [0.25, 0.3) is 10.2 Å². The van der Waals surface area contributed by atoms with Gasteiger partial charge >= 0.3 is 0 Å². The van der Waals surface area contributed by atoms with Gasteiger partial charge < -0.3 is 4.74 Å². The second-order valence-electron chi connectivity index (χ2n) is 3.93. The minimum absolute atomic E-state index is 0.204. The van der Waals surface area contributed by atoms with Crippen LogP contribution in [-0.4, -0.2) is 9.97 Å². The molecule has 0 N–H and O–H groups in total. The average molecular weight is 403 g/mol. The minimum atomic E-state index is 0.204. The zero-order valence-corrected chi connectivity index (χ0v) is 13.6. The fraction of sp³-hybridized carbons (Fsp3) is 0.0769. The number of rotatable bonds is 2. The van der Waals surface area contributed by atoms with E-state index in [1.165, 1.54) is 0 Å². The molecule has 0 radical (unpaired) electrons. The zero-order chi connectivity index (χ0) is 13.4. The summed E-state index contributed by atoms with van der Waals surface area (Å²) in [4.78, 5) is 10.4. The second kappa shape index (κ2) is 5.22. The van der Waals surface area contributed by atoms with Crippen molar-refractivity contribution in [1.29, 1.82) is 0 Å². The molecule has 96 valence electrons. The SMILES string of the molecule is Cc1cc2c(Oc3ccc(I)cc3)nc(Cl)nc2s1. The average Bonchev–Trinajstić information content (AvgIpc) is 2.72. The van der Waals surface area contributed by atoms with Gasteiger partial charge in [0.05, 0.1) is 5.39 Å². The summed E-state index contributed by atoms with van der Waals surface area (Å²) in [6.07, 6.45) is 0. The highest BCUT2D eigenvalue weighted by Gasteiger charge is 2.11. The van der Waals surface area contributed by atoms with Crippen molar-refractivity contribution >= 4 is 55.7 Å². The van der Waals surface area contributed by atoms with Gasteiger partial charge in [0.25, 0.3) is 0 Å². The van der Waals surface area contributed by atoms with Crippen LogP contribution < -0.4 is 4.74 Å². The molecule has 0 amide bonds. The molecule has 3 nitrogen and oxygen atoms in total. The van der Waals surface area contributed by atoms with Crippen LogP contribution in [0.3, 0.4) is 0 Å². The molecule has 3 rings (SSSR count). The second-order valence-corrected chi connectivity index (χ2v) is 6.75. The fourth-order valence-corrected chi connectivity index (χ4v) is 3.12. The van der Waals surface area contributed by atoms with Crippen LogP contribution in [0.4, 0.5) is 0 Å². The lowest BCUT2D eigenvalue weighted by Gasteiger charge is -2.05. The topological polar surface area (TPSA) is 35.0 Å². The van der Waals surface area contributed by atoms with E-state index in [2.05, 4.69) is 32.6 Å². The van der Waals surface area contributed by atoms with Crippen molar-refractivity contribution in [1.82, 2.24) is 9.97 Å². The van der Waals surface area contributed by atoms with Crippen LogP contribution in [0, 0.1) is 10.5 Å². The number of nitrogens with zero attached hydrogens (tertiary/aromatic N) is 2. The number of halogens is 2. The lowest BCUT2D eigenvalue weighted by atomic mass is 10.3. The Morgan fingerprint density at radius 2 is 1.95 bits per heavy atom. The van der Waals surface area contributed by atoms with Gasteiger partial charge in [-0.15, -0.1) is 11.3 Å². The maximum Gasteiger partial charge on any atom is 0.232 e. The molecular weight excluding hydrogens is 395 g/mol. The number of fused-ring (bicyclic) bond motifs is 1. The number of thiophene rings is 1. The van der Waals surface area contributed by atoms with Gasteiger partial charge in [0.1, 0.15) is 10.6 Å². The first-order chi connectivity index (χ1) is 9.11. The van der Waals surface area contributed by atoms with E-state index >= 15 is 0 Å². The molecule has 0 aliphatic rings. The Balaban J connectivity index is 2.06. The molecule has 2 heterocycles. The molecule has 0 saturated heterocycles. The van der Waals surface area contributed by atoms with E-state index < -0.39 is 0 Å². The van der Waals surface area contributed by atoms with Crippen LogP contribution in [0.15, 0.2) is 30.3 Å². The highest BCUT2D eigenvalue weighted by Crippen LogP contribution is 2.33. The van der Waals surface area contributed by atoms with Gasteiger partial charge in [-0.2, -0.15) is 4.98 Å². The van der Waals surface area contributed by atoms with Crippen molar-refractivity contribution in [2.24, 2.45) is 0 Å². The highest BCUT2D eigenvalue weighted by atomic mass is 127. The Hall–Kier alpha value is -0.920. The molecule has 6 heteroatoms. The Morgan fingerprint density at radius 1 is 1.21 bits per heavy atom. The molecule has 1 aromatic carbocycles. The van der Waals surface area contributed by atoms with Crippen LogP contribution in [0.2, 0.25) is 5.28 Å². The summed E-state index contributed by atoms with van der Waals surface area (Å²) in [5, 5.41) is 1.10. The Labute approximate surface area is 132 Å². The molecule has 0 spiro atoms. The van der Waals surface area contributed by atoms with E-state index in [-0.39, 0.29) is 5.28 Å². The number of benzene rings is 1. The Kier molecular flexibility index (Phi) is 3.60. The molecule has 3 aromatic rings. The lowest BCUT2D eigenvalue weighted by Crippen LogP contribution is -1.91. The number of ether oxygens (including phenoxy) is 1. The molecule has 0 fully saturated rings. The van der Waals surface area contributed by atoms with Crippen molar-refractivity contribution < 1.29 is 4.74 Å². The van der Waals surface area contributed by atoms with Gasteiger partial charge in [-0.3, -0.25) is 0 Å².